The molecule has 0 spiro atoms. The van der Waals surface area contributed by atoms with Gasteiger partial charge in [-0.15, -0.1) is 0 Å². The molecule has 4 nitrogen and oxygen atoms in total. The first-order valence-electron chi connectivity index (χ1n) is 6.88. The second-order valence-electron chi connectivity index (χ2n) is 5.33. The smallest absolute Gasteiger partial charge is 0.253 e. The maximum Gasteiger partial charge on any atom is 0.253 e. The molecular formula is C15H17BrN2O2. The molecule has 2 unspecified atom stereocenters. The summed E-state index contributed by atoms with van der Waals surface area (Å²) in [4.78, 5) is 15.4. The monoisotopic (exact) mass is 336 g/mol. The summed E-state index contributed by atoms with van der Waals surface area (Å²) in [5.74, 6) is 0.0925. The molecule has 20 heavy (non-hydrogen) atoms. The van der Waals surface area contributed by atoms with Gasteiger partial charge in [0.1, 0.15) is 0 Å². The Balaban J connectivity index is 1.76. The Morgan fingerprint density at radius 3 is 3.05 bits per heavy atom. The van der Waals surface area contributed by atoms with Crippen molar-refractivity contribution in [1.82, 2.24) is 10.3 Å². The number of rotatable bonds is 3. The maximum absolute atomic E-state index is 12.3. The van der Waals surface area contributed by atoms with Gasteiger partial charge in [0.25, 0.3) is 5.91 Å². The molecule has 3 N–H and O–H groups in total. The van der Waals surface area contributed by atoms with Crippen molar-refractivity contribution in [1.29, 1.82) is 0 Å². The van der Waals surface area contributed by atoms with Crippen LogP contribution < -0.4 is 5.32 Å². The second kappa shape index (κ2) is 5.58. The van der Waals surface area contributed by atoms with Crippen LogP contribution in [0.2, 0.25) is 0 Å². The number of benzene rings is 1. The van der Waals surface area contributed by atoms with Gasteiger partial charge in [0.15, 0.2) is 0 Å². The summed E-state index contributed by atoms with van der Waals surface area (Å²) in [6.07, 6.45) is 4.33. The molecule has 5 heteroatoms. The zero-order valence-corrected chi connectivity index (χ0v) is 12.6. The third kappa shape index (κ3) is 2.47. The Kier molecular flexibility index (Phi) is 3.81. The van der Waals surface area contributed by atoms with E-state index in [1.807, 2.05) is 18.2 Å². The van der Waals surface area contributed by atoms with Crippen molar-refractivity contribution in [2.75, 3.05) is 6.54 Å². The van der Waals surface area contributed by atoms with Gasteiger partial charge in [-0.1, -0.05) is 28.4 Å². The van der Waals surface area contributed by atoms with Crippen LogP contribution in [0.25, 0.3) is 10.9 Å². The number of aromatic amines is 1. The van der Waals surface area contributed by atoms with Crippen LogP contribution in [0, 0.1) is 5.92 Å². The zero-order chi connectivity index (χ0) is 14.1. The van der Waals surface area contributed by atoms with Crippen LogP contribution in [0.1, 0.15) is 29.6 Å². The molecule has 106 valence electrons. The van der Waals surface area contributed by atoms with Crippen molar-refractivity contribution >= 4 is 32.7 Å². The lowest BCUT2D eigenvalue weighted by Crippen LogP contribution is -2.32. The van der Waals surface area contributed by atoms with Crippen LogP contribution in [0.4, 0.5) is 0 Å². The Hall–Kier alpha value is -1.33. The number of amides is 1. The first-order chi connectivity index (χ1) is 9.66. The molecule has 1 aliphatic rings. The number of aliphatic hydroxyl groups excluding tert-OH is 1. The fourth-order valence-corrected chi connectivity index (χ4v) is 3.47. The van der Waals surface area contributed by atoms with E-state index in [-0.39, 0.29) is 17.9 Å². The summed E-state index contributed by atoms with van der Waals surface area (Å²) in [6.45, 7) is 0.539. The molecule has 1 amide bonds. The molecule has 3 rings (SSSR count). The van der Waals surface area contributed by atoms with Gasteiger partial charge in [0.05, 0.1) is 11.7 Å². The van der Waals surface area contributed by atoms with Gasteiger partial charge in [-0.05, 0) is 25.0 Å². The molecule has 1 aromatic heterocycles. The van der Waals surface area contributed by atoms with Gasteiger partial charge in [0, 0.05) is 34.0 Å². The van der Waals surface area contributed by atoms with Gasteiger partial charge in [-0.3, -0.25) is 4.79 Å². The number of aliphatic hydroxyl groups is 1. The Morgan fingerprint density at radius 1 is 1.45 bits per heavy atom. The van der Waals surface area contributed by atoms with E-state index in [1.165, 1.54) is 0 Å². The van der Waals surface area contributed by atoms with Crippen LogP contribution in [0.15, 0.2) is 28.9 Å². The maximum atomic E-state index is 12.3. The summed E-state index contributed by atoms with van der Waals surface area (Å²) in [6, 6.07) is 5.80. The highest BCUT2D eigenvalue weighted by atomic mass is 79.9. The molecular weight excluding hydrogens is 320 g/mol. The SMILES string of the molecule is O=C(NCC1CCCC1O)c1c[nH]c2cccc(Br)c12. The highest BCUT2D eigenvalue weighted by Gasteiger charge is 2.25. The number of nitrogens with one attached hydrogen (secondary N) is 2. The highest BCUT2D eigenvalue weighted by Crippen LogP contribution is 2.27. The van der Waals surface area contributed by atoms with Gasteiger partial charge in [-0.2, -0.15) is 0 Å². The van der Waals surface area contributed by atoms with E-state index >= 15 is 0 Å². The van der Waals surface area contributed by atoms with Crippen LogP contribution in [0.5, 0.6) is 0 Å². The minimum Gasteiger partial charge on any atom is -0.393 e. The Labute approximate surface area is 125 Å². The Bertz CT molecular complexity index is 638. The van der Waals surface area contributed by atoms with Gasteiger partial charge in [-0.25, -0.2) is 0 Å². The van der Waals surface area contributed by atoms with Crippen LogP contribution in [-0.2, 0) is 0 Å². The first kappa shape index (κ1) is 13.6. The molecule has 0 bridgehead atoms. The van der Waals surface area contributed by atoms with Gasteiger partial charge >= 0.3 is 0 Å². The number of aromatic nitrogens is 1. The van der Waals surface area contributed by atoms with E-state index in [9.17, 15) is 9.90 Å². The summed E-state index contributed by atoms with van der Waals surface area (Å²) in [7, 11) is 0. The average molecular weight is 337 g/mol. The third-order valence-corrected chi connectivity index (χ3v) is 4.70. The Morgan fingerprint density at radius 2 is 2.30 bits per heavy atom. The van der Waals surface area contributed by atoms with Crippen molar-refractivity contribution in [3.63, 3.8) is 0 Å². The van der Waals surface area contributed by atoms with Crippen molar-refractivity contribution in [3.05, 3.63) is 34.4 Å². The molecule has 1 aliphatic carbocycles. The first-order valence-corrected chi connectivity index (χ1v) is 7.68. The normalized spacial score (nSPS) is 22.3. The van der Waals surface area contributed by atoms with Crippen molar-refractivity contribution in [2.45, 2.75) is 25.4 Å². The number of carbonyl (C=O) groups is 1. The van der Waals surface area contributed by atoms with E-state index < -0.39 is 0 Å². The largest absolute Gasteiger partial charge is 0.393 e. The minimum absolute atomic E-state index is 0.0951. The lowest BCUT2D eigenvalue weighted by molar-refractivity contribution is 0.0918. The lowest BCUT2D eigenvalue weighted by Gasteiger charge is -2.14. The molecule has 1 aromatic carbocycles. The molecule has 2 atom stereocenters. The third-order valence-electron chi connectivity index (χ3n) is 4.04. The number of carbonyl (C=O) groups excluding carboxylic acids is 1. The molecule has 1 heterocycles. The van der Waals surface area contributed by atoms with Crippen LogP contribution in [0.3, 0.4) is 0 Å². The van der Waals surface area contributed by atoms with E-state index in [0.29, 0.717) is 12.1 Å². The molecule has 1 saturated carbocycles. The second-order valence-corrected chi connectivity index (χ2v) is 6.19. The molecule has 0 radical (unpaired) electrons. The van der Waals surface area contributed by atoms with E-state index in [2.05, 4.69) is 26.2 Å². The predicted octanol–water partition coefficient (Wildman–Crippen LogP) is 2.82. The molecule has 0 saturated heterocycles. The van der Waals surface area contributed by atoms with Crippen LogP contribution >= 0.6 is 15.9 Å². The predicted molar refractivity (Wildman–Crippen MR) is 81.7 cm³/mol. The fraction of sp³-hybridized carbons (Fsp3) is 0.400. The summed E-state index contributed by atoms with van der Waals surface area (Å²) < 4.78 is 0.905. The molecule has 2 aromatic rings. The molecule has 1 fully saturated rings. The molecule has 0 aliphatic heterocycles. The fourth-order valence-electron chi connectivity index (χ4n) is 2.89. The standard InChI is InChI=1S/C15H17BrN2O2/c16-11-4-2-5-12-14(11)10(8-17-12)15(20)18-7-9-3-1-6-13(9)19/h2,4-5,8-9,13,17,19H,1,3,6-7H2,(H,18,20). The number of hydrogen-bond donors (Lipinski definition) is 3. The lowest BCUT2D eigenvalue weighted by atomic mass is 10.1. The number of hydrogen-bond acceptors (Lipinski definition) is 2. The zero-order valence-electron chi connectivity index (χ0n) is 11.0. The average Bonchev–Trinajstić information content (AvgIpc) is 3.03. The topological polar surface area (TPSA) is 65.1 Å². The van der Waals surface area contributed by atoms with Crippen molar-refractivity contribution in [2.24, 2.45) is 5.92 Å². The van der Waals surface area contributed by atoms with Crippen molar-refractivity contribution < 1.29 is 9.90 Å². The van der Waals surface area contributed by atoms with E-state index in [0.717, 1.165) is 34.6 Å². The quantitative estimate of drug-likeness (QED) is 0.806. The van der Waals surface area contributed by atoms with Crippen LogP contribution in [-0.4, -0.2) is 28.6 Å². The summed E-state index contributed by atoms with van der Waals surface area (Å²) in [5, 5.41) is 13.6. The number of H-pyrrole nitrogens is 1. The summed E-state index contributed by atoms with van der Waals surface area (Å²) in [5.41, 5.74) is 1.57. The minimum atomic E-state index is -0.273. The number of fused-ring (bicyclic) bond motifs is 1. The number of halogens is 1. The van der Waals surface area contributed by atoms with Crippen molar-refractivity contribution in [3.8, 4) is 0 Å². The highest BCUT2D eigenvalue weighted by molar-refractivity contribution is 9.10. The van der Waals surface area contributed by atoms with E-state index in [1.54, 1.807) is 6.20 Å². The van der Waals surface area contributed by atoms with Gasteiger partial charge in [0.2, 0.25) is 0 Å². The van der Waals surface area contributed by atoms with E-state index in [4.69, 9.17) is 0 Å². The summed E-state index contributed by atoms with van der Waals surface area (Å²) >= 11 is 3.48. The van der Waals surface area contributed by atoms with Gasteiger partial charge < -0.3 is 15.4 Å².